The van der Waals surface area contributed by atoms with Crippen LogP contribution in [0.2, 0.25) is 0 Å². The zero-order valence-corrected chi connectivity index (χ0v) is 14.1. The first-order chi connectivity index (χ1) is 12.1. The highest BCUT2D eigenvalue weighted by Crippen LogP contribution is 2.21. The number of fused-ring (bicyclic) bond motifs is 2. The standard InChI is InChI=1S/C21H17N3O/c1-14-13-18(16-8-4-5-9-17(16)21(14)25)22-23-20-12-11-15-7-3-6-10-19(15)24(20)2/h3-13H,1-2H3. The first kappa shape index (κ1) is 15.3. The van der Waals surface area contributed by atoms with Gasteiger partial charge >= 0.3 is 0 Å². The minimum atomic E-state index is 0.0470. The summed E-state index contributed by atoms with van der Waals surface area (Å²) in [4.78, 5) is 12.3. The van der Waals surface area contributed by atoms with Crippen molar-refractivity contribution in [3.05, 3.63) is 88.9 Å². The van der Waals surface area contributed by atoms with Crippen LogP contribution < -0.4 is 5.49 Å². The molecule has 25 heavy (non-hydrogen) atoms. The van der Waals surface area contributed by atoms with E-state index in [0.29, 0.717) is 16.8 Å². The molecule has 0 saturated carbocycles. The lowest BCUT2D eigenvalue weighted by molar-refractivity contribution is 0.103. The number of ketones is 1. The van der Waals surface area contributed by atoms with Crippen LogP contribution in [0, 0.1) is 0 Å². The normalized spacial score (nSPS) is 16.2. The highest BCUT2D eigenvalue weighted by Gasteiger charge is 2.21. The van der Waals surface area contributed by atoms with Gasteiger partial charge in [0.15, 0.2) is 11.3 Å². The molecule has 0 fully saturated rings. The zero-order valence-electron chi connectivity index (χ0n) is 14.1. The van der Waals surface area contributed by atoms with Crippen LogP contribution in [-0.4, -0.2) is 16.1 Å². The number of hydrogen-bond donors (Lipinski definition) is 0. The van der Waals surface area contributed by atoms with E-state index in [1.807, 2.05) is 67.1 Å². The Morgan fingerprint density at radius 2 is 1.56 bits per heavy atom. The molecule has 0 saturated heterocycles. The summed E-state index contributed by atoms with van der Waals surface area (Å²) in [6.45, 7) is 1.81. The van der Waals surface area contributed by atoms with Crippen molar-refractivity contribution in [1.29, 1.82) is 0 Å². The second kappa shape index (κ2) is 5.98. The SMILES string of the molecule is CC1=CC(=NN=c2ccc3ccccc3n2C)c2ccccc2C1=O. The highest BCUT2D eigenvalue weighted by molar-refractivity contribution is 6.25. The second-order valence-electron chi connectivity index (χ2n) is 6.10. The average Bonchev–Trinajstić information content (AvgIpc) is 2.65. The number of Topliss-reactive ketones (excluding diaryl/α,β-unsaturated/α-hetero) is 1. The van der Waals surface area contributed by atoms with Crippen LogP contribution in [0.15, 0.2) is 82.5 Å². The summed E-state index contributed by atoms with van der Waals surface area (Å²) >= 11 is 0. The Labute approximate surface area is 145 Å². The fraction of sp³-hybridized carbons (Fsp3) is 0.0952. The van der Waals surface area contributed by atoms with Gasteiger partial charge in [-0.1, -0.05) is 42.5 Å². The van der Waals surface area contributed by atoms with E-state index in [1.165, 1.54) is 0 Å². The van der Waals surface area contributed by atoms with E-state index in [4.69, 9.17) is 0 Å². The molecular weight excluding hydrogens is 310 g/mol. The first-order valence-corrected chi connectivity index (χ1v) is 8.14. The van der Waals surface area contributed by atoms with Crippen LogP contribution in [0.3, 0.4) is 0 Å². The molecule has 3 aromatic rings. The molecule has 0 amide bonds. The minimum absolute atomic E-state index is 0.0470. The number of carbonyl (C=O) groups is 1. The molecule has 0 unspecified atom stereocenters. The molecule has 1 aromatic heterocycles. The smallest absolute Gasteiger partial charge is 0.189 e. The predicted molar refractivity (Wildman–Crippen MR) is 99.5 cm³/mol. The van der Waals surface area contributed by atoms with Crippen molar-refractivity contribution in [2.75, 3.05) is 0 Å². The molecule has 1 heterocycles. The summed E-state index contributed by atoms with van der Waals surface area (Å²) in [5.41, 5.74) is 4.74. The lowest BCUT2D eigenvalue weighted by Gasteiger charge is -2.14. The van der Waals surface area contributed by atoms with Gasteiger partial charge in [-0.2, -0.15) is 0 Å². The molecule has 0 bridgehead atoms. The summed E-state index contributed by atoms with van der Waals surface area (Å²) in [5.74, 6) is 0.0470. The molecule has 2 aromatic carbocycles. The lowest BCUT2D eigenvalue weighted by Crippen LogP contribution is -2.18. The van der Waals surface area contributed by atoms with Crippen molar-refractivity contribution in [3.63, 3.8) is 0 Å². The monoisotopic (exact) mass is 327 g/mol. The second-order valence-corrected chi connectivity index (χ2v) is 6.10. The Morgan fingerprint density at radius 3 is 2.40 bits per heavy atom. The number of rotatable bonds is 1. The number of carbonyl (C=O) groups excluding carboxylic acids is 1. The van der Waals surface area contributed by atoms with Gasteiger partial charge in [0.1, 0.15) is 0 Å². The summed E-state index contributed by atoms with van der Waals surface area (Å²) < 4.78 is 2.01. The van der Waals surface area contributed by atoms with E-state index in [1.54, 1.807) is 6.08 Å². The minimum Gasteiger partial charge on any atom is -0.327 e. The third-order valence-electron chi connectivity index (χ3n) is 4.47. The van der Waals surface area contributed by atoms with E-state index in [0.717, 1.165) is 22.0 Å². The van der Waals surface area contributed by atoms with E-state index >= 15 is 0 Å². The molecular formula is C21H17N3O. The third-order valence-corrected chi connectivity index (χ3v) is 4.47. The summed E-state index contributed by atoms with van der Waals surface area (Å²) in [5, 5.41) is 10.0. The van der Waals surface area contributed by atoms with Crippen molar-refractivity contribution in [1.82, 2.24) is 4.57 Å². The van der Waals surface area contributed by atoms with E-state index in [-0.39, 0.29) is 5.78 Å². The van der Waals surface area contributed by atoms with Crippen LogP contribution in [-0.2, 0) is 7.05 Å². The molecule has 0 spiro atoms. The fourth-order valence-electron chi connectivity index (χ4n) is 3.09. The Morgan fingerprint density at radius 1 is 0.840 bits per heavy atom. The van der Waals surface area contributed by atoms with Gasteiger partial charge in [-0.25, -0.2) is 0 Å². The number of allylic oxidation sites excluding steroid dienone is 2. The molecule has 0 atom stereocenters. The Kier molecular flexibility index (Phi) is 3.65. The van der Waals surface area contributed by atoms with Gasteiger partial charge in [0.05, 0.1) is 5.71 Å². The predicted octanol–water partition coefficient (Wildman–Crippen LogP) is 3.63. The molecule has 0 radical (unpaired) electrons. The van der Waals surface area contributed by atoms with E-state index < -0.39 is 0 Å². The first-order valence-electron chi connectivity index (χ1n) is 8.14. The van der Waals surface area contributed by atoms with Crippen LogP contribution in [0.1, 0.15) is 22.8 Å². The van der Waals surface area contributed by atoms with E-state index in [9.17, 15) is 4.79 Å². The van der Waals surface area contributed by atoms with Gasteiger partial charge in [0, 0.05) is 23.7 Å². The third kappa shape index (κ3) is 2.62. The number of aromatic nitrogens is 1. The number of pyridine rings is 1. The van der Waals surface area contributed by atoms with Crippen molar-refractivity contribution >= 4 is 22.4 Å². The molecule has 0 N–H and O–H groups in total. The molecule has 1 aliphatic rings. The van der Waals surface area contributed by atoms with Gasteiger partial charge in [0.25, 0.3) is 0 Å². The maximum Gasteiger partial charge on any atom is 0.189 e. The molecule has 122 valence electrons. The highest BCUT2D eigenvalue weighted by atomic mass is 16.1. The molecule has 4 rings (SSSR count). The molecule has 4 heteroatoms. The number of para-hydroxylation sites is 1. The zero-order chi connectivity index (χ0) is 17.4. The molecule has 0 aliphatic heterocycles. The Hall–Kier alpha value is -3.27. The largest absolute Gasteiger partial charge is 0.327 e. The maximum atomic E-state index is 12.3. The lowest BCUT2D eigenvalue weighted by atomic mass is 9.90. The van der Waals surface area contributed by atoms with Gasteiger partial charge in [-0.15, -0.1) is 10.2 Å². The number of aryl methyl sites for hydroxylation is 1. The molecule has 4 nitrogen and oxygen atoms in total. The number of nitrogens with zero attached hydrogens (tertiary/aromatic N) is 3. The van der Waals surface area contributed by atoms with Crippen molar-refractivity contribution in [2.24, 2.45) is 17.3 Å². The van der Waals surface area contributed by atoms with Gasteiger partial charge < -0.3 is 4.57 Å². The van der Waals surface area contributed by atoms with Crippen LogP contribution in [0.5, 0.6) is 0 Å². The topological polar surface area (TPSA) is 46.7 Å². The average molecular weight is 327 g/mol. The van der Waals surface area contributed by atoms with Crippen molar-refractivity contribution < 1.29 is 4.79 Å². The van der Waals surface area contributed by atoms with Gasteiger partial charge in [-0.05, 0) is 42.2 Å². The number of hydrogen-bond acceptors (Lipinski definition) is 3. The maximum absolute atomic E-state index is 12.3. The van der Waals surface area contributed by atoms with E-state index in [2.05, 4.69) is 22.3 Å². The Balaban J connectivity index is 1.88. The molecule has 1 aliphatic carbocycles. The quantitative estimate of drug-likeness (QED) is 0.630. The van der Waals surface area contributed by atoms with Gasteiger partial charge in [0.2, 0.25) is 0 Å². The van der Waals surface area contributed by atoms with Crippen molar-refractivity contribution in [3.8, 4) is 0 Å². The van der Waals surface area contributed by atoms with Gasteiger partial charge in [-0.3, -0.25) is 4.79 Å². The van der Waals surface area contributed by atoms with Crippen LogP contribution in [0.25, 0.3) is 10.9 Å². The summed E-state index contributed by atoms with van der Waals surface area (Å²) in [6.07, 6.45) is 1.80. The number of benzene rings is 2. The van der Waals surface area contributed by atoms with Crippen molar-refractivity contribution in [2.45, 2.75) is 6.92 Å². The van der Waals surface area contributed by atoms with Crippen LogP contribution in [0.4, 0.5) is 0 Å². The summed E-state index contributed by atoms with van der Waals surface area (Å²) in [7, 11) is 1.97. The Bertz CT molecular complexity index is 1130. The van der Waals surface area contributed by atoms with Crippen LogP contribution >= 0.6 is 0 Å². The fourth-order valence-corrected chi connectivity index (χ4v) is 3.09. The summed E-state index contributed by atoms with van der Waals surface area (Å²) in [6, 6.07) is 19.6.